The van der Waals surface area contributed by atoms with Crippen LogP contribution in [0.2, 0.25) is 0 Å². The molecule has 1 unspecified atom stereocenters. The number of ether oxygens (including phenoxy) is 1. The van der Waals surface area contributed by atoms with Crippen LogP contribution in [0, 0.1) is 12.8 Å². The number of rotatable bonds is 3. The first-order valence-corrected chi connectivity index (χ1v) is 6.91. The Kier molecular flexibility index (Phi) is 3.20. The molecule has 4 heteroatoms. The van der Waals surface area contributed by atoms with Crippen LogP contribution < -0.4 is 0 Å². The highest BCUT2D eigenvalue weighted by molar-refractivity contribution is 5.81. The molecule has 0 spiro atoms. The molecule has 1 atom stereocenters. The molecule has 4 nitrogen and oxygen atoms in total. The molecule has 1 aromatic heterocycles. The highest BCUT2D eigenvalue weighted by Gasteiger charge is 2.26. The molecule has 0 N–H and O–H groups in total. The molecule has 0 bridgehead atoms. The molecular weight excluding hydrogens is 228 g/mol. The summed E-state index contributed by atoms with van der Waals surface area (Å²) in [5, 5.41) is 0. The average molecular weight is 248 g/mol. The lowest BCUT2D eigenvalue weighted by molar-refractivity contribution is -0.123. The molecule has 1 fully saturated rings. The molecule has 1 aliphatic heterocycles. The largest absolute Gasteiger partial charge is 0.381 e. The number of Topliss-reactive ketones (excluding diaryl/α,β-unsaturated/α-hetero) is 1. The van der Waals surface area contributed by atoms with Gasteiger partial charge in [-0.05, 0) is 39.0 Å². The van der Waals surface area contributed by atoms with Gasteiger partial charge in [-0.3, -0.25) is 4.79 Å². The molecule has 2 heterocycles. The maximum atomic E-state index is 12.2. The summed E-state index contributed by atoms with van der Waals surface area (Å²) < 4.78 is 7.43. The number of aromatic nitrogens is 2. The van der Waals surface area contributed by atoms with Crippen molar-refractivity contribution in [3.8, 4) is 0 Å². The van der Waals surface area contributed by atoms with Crippen molar-refractivity contribution in [1.82, 2.24) is 9.55 Å². The molecular formula is C14H20N2O2. The van der Waals surface area contributed by atoms with Gasteiger partial charge in [-0.25, -0.2) is 4.98 Å². The lowest BCUT2D eigenvalue weighted by atomic mass is 10.00. The van der Waals surface area contributed by atoms with Crippen molar-refractivity contribution in [3.05, 3.63) is 17.2 Å². The van der Waals surface area contributed by atoms with Crippen molar-refractivity contribution in [2.45, 2.75) is 45.6 Å². The second-order valence-corrected chi connectivity index (χ2v) is 5.37. The molecule has 2 aliphatic rings. The first-order valence-electron chi connectivity index (χ1n) is 6.91. The molecule has 1 aromatic rings. The Bertz CT molecular complexity index is 459. The van der Waals surface area contributed by atoms with E-state index in [1.165, 1.54) is 24.2 Å². The van der Waals surface area contributed by atoms with Crippen molar-refractivity contribution < 1.29 is 9.53 Å². The topological polar surface area (TPSA) is 44.1 Å². The Morgan fingerprint density at radius 1 is 1.44 bits per heavy atom. The van der Waals surface area contributed by atoms with Gasteiger partial charge in [0.05, 0.1) is 18.8 Å². The summed E-state index contributed by atoms with van der Waals surface area (Å²) in [6, 6.07) is 0. The van der Waals surface area contributed by atoms with Gasteiger partial charge in [0.25, 0.3) is 0 Å². The van der Waals surface area contributed by atoms with E-state index in [2.05, 4.69) is 9.55 Å². The number of imidazole rings is 1. The minimum atomic E-state index is 0.103. The van der Waals surface area contributed by atoms with Crippen LogP contribution in [0.15, 0.2) is 0 Å². The van der Waals surface area contributed by atoms with Crippen LogP contribution in [0.4, 0.5) is 0 Å². The quantitative estimate of drug-likeness (QED) is 0.817. The van der Waals surface area contributed by atoms with Crippen LogP contribution in [-0.2, 0) is 28.9 Å². The van der Waals surface area contributed by atoms with Gasteiger partial charge in [0.15, 0.2) is 5.78 Å². The maximum absolute atomic E-state index is 12.2. The van der Waals surface area contributed by atoms with Gasteiger partial charge in [-0.2, -0.15) is 0 Å². The molecule has 0 radical (unpaired) electrons. The van der Waals surface area contributed by atoms with E-state index in [1.54, 1.807) is 0 Å². The number of carbonyl (C=O) groups is 1. The van der Waals surface area contributed by atoms with E-state index < -0.39 is 0 Å². The van der Waals surface area contributed by atoms with Gasteiger partial charge >= 0.3 is 0 Å². The van der Waals surface area contributed by atoms with Gasteiger partial charge < -0.3 is 9.30 Å². The van der Waals surface area contributed by atoms with Crippen molar-refractivity contribution in [1.29, 1.82) is 0 Å². The number of hydrogen-bond acceptors (Lipinski definition) is 3. The summed E-state index contributed by atoms with van der Waals surface area (Å²) in [5.41, 5.74) is 2.51. The van der Waals surface area contributed by atoms with Crippen LogP contribution in [0.5, 0.6) is 0 Å². The third-order valence-corrected chi connectivity index (χ3v) is 4.12. The molecule has 0 aromatic carbocycles. The fourth-order valence-electron chi connectivity index (χ4n) is 3.02. The molecule has 0 saturated carbocycles. The zero-order chi connectivity index (χ0) is 12.5. The van der Waals surface area contributed by atoms with E-state index in [0.29, 0.717) is 18.9 Å². The zero-order valence-corrected chi connectivity index (χ0v) is 10.9. The first-order chi connectivity index (χ1) is 8.75. The molecule has 1 saturated heterocycles. The summed E-state index contributed by atoms with van der Waals surface area (Å²) in [7, 11) is 0. The highest BCUT2D eigenvalue weighted by Crippen LogP contribution is 2.23. The normalized spacial score (nSPS) is 23.1. The third-order valence-electron chi connectivity index (χ3n) is 4.12. The lowest BCUT2D eigenvalue weighted by Crippen LogP contribution is -2.22. The zero-order valence-electron chi connectivity index (χ0n) is 10.9. The van der Waals surface area contributed by atoms with Crippen LogP contribution in [0.25, 0.3) is 0 Å². The summed E-state index contributed by atoms with van der Waals surface area (Å²) in [4.78, 5) is 16.8. The van der Waals surface area contributed by atoms with E-state index in [4.69, 9.17) is 4.74 Å². The van der Waals surface area contributed by atoms with E-state index in [0.717, 1.165) is 31.7 Å². The number of fused-ring (bicyclic) bond motifs is 1. The summed E-state index contributed by atoms with van der Waals surface area (Å²) in [6.45, 7) is 3.84. The van der Waals surface area contributed by atoms with Crippen molar-refractivity contribution in [2.75, 3.05) is 13.2 Å². The number of carbonyl (C=O) groups excluding carboxylic acids is 1. The van der Waals surface area contributed by atoms with Gasteiger partial charge in [0, 0.05) is 18.2 Å². The van der Waals surface area contributed by atoms with Crippen LogP contribution in [0.3, 0.4) is 0 Å². The van der Waals surface area contributed by atoms with E-state index >= 15 is 0 Å². The molecule has 0 amide bonds. The van der Waals surface area contributed by atoms with Gasteiger partial charge in [-0.1, -0.05) is 0 Å². The Morgan fingerprint density at radius 2 is 2.28 bits per heavy atom. The summed E-state index contributed by atoms with van der Waals surface area (Å²) >= 11 is 0. The monoisotopic (exact) mass is 248 g/mol. The van der Waals surface area contributed by atoms with E-state index in [9.17, 15) is 4.79 Å². The van der Waals surface area contributed by atoms with Crippen LogP contribution in [-0.4, -0.2) is 28.5 Å². The third kappa shape index (κ3) is 2.09. The van der Waals surface area contributed by atoms with Gasteiger partial charge in [0.2, 0.25) is 0 Å². The van der Waals surface area contributed by atoms with Crippen molar-refractivity contribution in [3.63, 3.8) is 0 Å². The van der Waals surface area contributed by atoms with Gasteiger partial charge in [-0.15, -0.1) is 0 Å². The second-order valence-electron chi connectivity index (χ2n) is 5.37. The van der Waals surface area contributed by atoms with Crippen molar-refractivity contribution >= 4 is 5.78 Å². The minimum Gasteiger partial charge on any atom is -0.381 e. The Hall–Kier alpha value is -1.16. The molecule has 18 heavy (non-hydrogen) atoms. The molecule has 1 aliphatic carbocycles. The Morgan fingerprint density at radius 3 is 3.06 bits per heavy atom. The standard InChI is InChI=1S/C14H20N2O2/c1-10-15-12-4-2-3-5-13(12)16(10)8-14(17)11-6-7-18-9-11/h11H,2-9H2,1H3. The predicted octanol–water partition coefficient (Wildman–Crippen LogP) is 1.68. The van der Waals surface area contributed by atoms with Crippen LogP contribution >= 0.6 is 0 Å². The van der Waals surface area contributed by atoms with Gasteiger partial charge in [0.1, 0.15) is 5.82 Å². The van der Waals surface area contributed by atoms with E-state index in [1.807, 2.05) is 6.92 Å². The minimum absolute atomic E-state index is 0.103. The van der Waals surface area contributed by atoms with Crippen molar-refractivity contribution in [2.24, 2.45) is 5.92 Å². The first kappa shape index (κ1) is 11.9. The SMILES string of the molecule is Cc1nc2c(n1CC(=O)C1CCOC1)CCCC2. The fraction of sp³-hybridized carbons (Fsp3) is 0.714. The van der Waals surface area contributed by atoms with E-state index in [-0.39, 0.29) is 5.92 Å². The number of hydrogen-bond donors (Lipinski definition) is 0. The summed E-state index contributed by atoms with van der Waals surface area (Å²) in [6.07, 6.45) is 5.48. The number of ketones is 1. The average Bonchev–Trinajstić information content (AvgIpc) is 2.98. The fourth-order valence-corrected chi connectivity index (χ4v) is 3.02. The Labute approximate surface area is 107 Å². The maximum Gasteiger partial charge on any atom is 0.158 e. The lowest BCUT2D eigenvalue weighted by Gasteiger charge is -2.15. The molecule has 3 rings (SSSR count). The summed E-state index contributed by atoms with van der Waals surface area (Å²) in [5.74, 6) is 1.40. The second kappa shape index (κ2) is 4.84. The Balaban J connectivity index is 1.79. The number of aryl methyl sites for hydroxylation is 2. The van der Waals surface area contributed by atoms with Crippen LogP contribution in [0.1, 0.15) is 36.5 Å². The predicted molar refractivity (Wildman–Crippen MR) is 67.5 cm³/mol. The smallest absolute Gasteiger partial charge is 0.158 e. The molecule has 98 valence electrons. The highest BCUT2D eigenvalue weighted by atomic mass is 16.5. The number of nitrogens with zero attached hydrogens (tertiary/aromatic N) is 2.